The summed E-state index contributed by atoms with van der Waals surface area (Å²) in [6.07, 6.45) is 8.82. The summed E-state index contributed by atoms with van der Waals surface area (Å²) in [5.41, 5.74) is 0. The van der Waals surface area contributed by atoms with Crippen LogP contribution in [0.15, 0.2) is 0 Å². The van der Waals surface area contributed by atoms with Crippen molar-refractivity contribution in [3.05, 3.63) is 11.6 Å². The third kappa shape index (κ3) is 2.97. The first kappa shape index (κ1) is 14.5. The summed E-state index contributed by atoms with van der Waals surface area (Å²) in [6.45, 7) is 4.97. The average Bonchev–Trinajstić information content (AvgIpc) is 3.17. The van der Waals surface area contributed by atoms with Gasteiger partial charge in [-0.05, 0) is 31.6 Å². The van der Waals surface area contributed by atoms with Crippen LogP contribution in [0.2, 0.25) is 0 Å². The zero-order valence-electron chi connectivity index (χ0n) is 13.1. The second kappa shape index (κ2) is 6.16. The van der Waals surface area contributed by atoms with Crippen LogP contribution in [-0.4, -0.2) is 38.6 Å². The molecular weight excluding hydrogens is 264 g/mol. The Morgan fingerprint density at radius 3 is 2.62 bits per heavy atom. The molecule has 0 bridgehead atoms. The van der Waals surface area contributed by atoms with E-state index in [1.54, 1.807) is 0 Å². The number of hydrogen-bond donors (Lipinski definition) is 1. The summed E-state index contributed by atoms with van der Waals surface area (Å²) in [6, 6.07) is 0.416. The molecule has 0 spiro atoms. The van der Waals surface area contributed by atoms with E-state index < -0.39 is 0 Å². The van der Waals surface area contributed by atoms with Crippen LogP contribution in [0.3, 0.4) is 0 Å². The summed E-state index contributed by atoms with van der Waals surface area (Å²) in [5, 5.41) is 7.03. The van der Waals surface area contributed by atoms with Gasteiger partial charge in [-0.15, -0.1) is 5.10 Å². The van der Waals surface area contributed by atoms with Crippen molar-refractivity contribution in [2.24, 2.45) is 5.92 Å². The van der Waals surface area contributed by atoms with Crippen LogP contribution < -0.4 is 0 Å². The van der Waals surface area contributed by atoms with Gasteiger partial charge in [-0.2, -0.15) is 0 Å². The van der Waals surface area contributed by atoms with Gasteiger partial charge in [-0.25, -0.2) is 4.98 Å². The second-order valence-electron chi connectivity index (χ2n) is 6.81. The van der Waals surface area contributed by atoms with E-state index in [1.165, 1.54) is 32.1 Å². The molecule has 2 aliphatic rings. The fraction of sp³-hybridized carbons (Fsp3) is 0.812. The normalized spacial score (nSPS) is 24.0. The highest BCUT2D eigenvalue weighted by Gasteiger charge is 2.36. The zero-order chi connectivity index (χ0) is 14.8. The van der Waals surface area contributed by atoms with Gasteiger partial charge in [-0.1, -0.05) is 33.1 Å². The molecule has 1 unspecified atom stereocenters. The van der Waals surface area contributed by atoms with Crippen molar-refractivity contribution in [1.29, 1.82) is 0 Å². The average molecular weight is 290 g/mol. The van der Waals surface area contributed by atoms with E-state index in [4.69, 9.17) is 0 Å². The number of H-pyrrole nitrogens is 1. The maximum Gasteiger partial charge on any atom is 0.293 e. The number of aromatic amines is 1. The fourth-order valence-corrected chi connectivity index (χ4v) is 3.81. The molecule has 5 nitrogen and oxygen atoms in total. The number of nitrogens with zero attached hydrogens (tertiary/aromatic N) is 3. The minimum atomic E-state index is 0.0197. The number of rotatable bonds is 3. The molecule has 1 aromatic heterocycles. The molecule has 2 fully saturated rings. The quantitative estimate of drug-likeness (QED) is 0.930. The summed E-state index contributed by atoms with van der Waals surface area (Å²) in [4.78, 5) is 19.1. The zero-order valence-corrected chi connectivity index (χ0v) is 13.1. The van der Waals surface area contributed by atoms with Crippen molar-refractivity contribution < 1.29 is 4.79 Å². The summed E-state index contributed by atoms with van der Waals surface area (Å²) in [5.74, 6) is 2.12. The van der Waals surface area contributed by atoms with Crippen LogP contribution in [0.5, 0.6) is 0 Å². The topological polar surface area (TPSA) is 61.9 Å². The Kier molecular flexibility index (Phi) is 4.27. The van der Waals surface area contributed by atoms with Crippen LogP contribution in [0.1, 0.15) is 81.2 Å². The molecular formula is C16H26N4O. The molecule has 1 aliphatic heterocycles. The number of aromatic nitrogens is 3. The van der Waals surface area contributed by atoms with Gasteiger partial charge in [0.15, 0.2) is 0 Å². The van der Waals surface area contributed by atoms with Crippen molar-refractivity contribution in [3.63, 3.8) is 0 Å². The Morgan fingerprint density at radius 1 is 1.19 bits per heavy atom. The molecule has 3 rings (SSSR count). The Bertz CT molecular complexity index is 490. The summed E-state index contributed by atoms with van der Waals surface area (Å²) < 4.78 is 0. The Morgan fingerprint density at radius 2 is 1.95 bits per heavy atom. The van der Waals surface area contributed by atoms with E-state index in [1.807, 2.05) is 4.90 Å². The molecule has 5 heteroatoms. The maximum absolute atomic E-state index is 12.7. The van der Waals surface area contributed by atoms with Crippen LogP contribution in [0.4, 0.5) is 0 Å². The van der Waals surface area contributed by atoms with Crippen molar-refractivity contribution in [2.45, 2.75) is 70.8 Å². The molecule has 1 N–H and O–H groups in total. The molecule has 2 heterocycles. The van der Waals surface area contributed by atoms with E-state index in [9.17, 15) is 4.79 Å². The molecule has 21 heavy (non-hydrogen) atoms. The number of likely N-dealkylation sites (tertiary alicyclic amines) is 1. The number of hydrogen-bond acceptors (Lipinski definition) is 3. The first-order valence-electron chi connectivity index (χ1n) is 8.40. The largest absolute Gasteiger partial charge is 0.333 e. The van der Waals surface area contributed by atoms with Crippen molar-refractivity contribution >= 4 is 5.91 Å². The highest BCUT2D eigenvalue weighted by molar-refractivity contribution is 5.90. The molecule has 0 radical (unpaired) electrons. The number of nitrogens with one attached hydrogen (secondary N) is 1. The van der Waals surface area contributed by atoms with Crippen LogP contribution in [0.25, 0.3) is 0 Å². The molecule has 1 aromatic rings. The van der Waals surface area contributed by atoms with Gasteiger partial charge in [0.05, 0.1) is 0 Å². The molecule has 1 aliphatic carbocycles. The van der Waals surface area contributed by atoms with E-state index in [0.29, 0.717) is 17.8 Å². The Hall–Kier alpha value is -1.39. The predicted octanol–water partition coefficient (Wildman–Crippen LogP) is 3.11. The van der Waals surface area contributed by atoms with E-state index in [2.05, 4.69) is 29.0 Å². The van der Waals surface area contributed by atoms with Crippen LogP contribution in [-0.2, 0) is 0 Å². The first-order chi connectivity index (χ1) is 10.2. The van der Waals surface area contributed by atoms with Crippen LogP contribution in [0, 0.1) is 5.92 Å². The third-order valence-electron chi connectivity index (χ3n) is 4.99. The lowest BCUT2D eigenvalue weighted by Crippen LogP contribution is -2.41. The number of amides is 1. The van der Waals surface area contributed by atoms with Gasteiger partial charge in [0.2, 0.25) is 5.82 Å². The summed E-state index contributed by atoms with van der Waals surface area (Å²) >= 11 is 0. The molecule has 1 saturated heterocycles. The number of carbonyl (C=O) groups is 1. The smallest absolute Gasteiger partial charge is 0.293 e. The molecule has 116 valence electrons. The molecule has 1 amide bonds. The van der Waals surface area contributed by atoms with Gasteiger partial charge >= 0.3 is 0 Å². The Balaban J connectivity index is 1.72. The fourth-order valence-electron chi connectivity index (χ4n) is 3.81. The minimum Gasteiger partial charge on any atom is -0.333 e. The Labute approximate surface area is 126 Å². The van der Waals surface area contributed by atoms with Gasteiger partial charge in [0.25, 0.3) is 5.91 Å². The van der Waals surface area contributed by atoms with Gasteiger partial charge in [-0.3, -0.25) is 9.89 Å². The van der Waals surface area contributed by atoms with Crippen molar-refractivity contribution in [2.75, 3.05) is 6.54 Å². The highest BCUT2D eigenvalue weighted by Crippen LogP contribution is 2.34. The first-order valence-corrected chi connectivity index (χ1v) is 8.40. The van der Waals surface area contributed by atoms with E-state index in [-0.39, 0.29) is 11.8 Å². The van der Waals surface area contributed by atoms with E-state index in [0.717, 1.165) is 25.2 Å². The SMILES string of the molecule is CC(C)c1nc(C(=O)N2CCCC2C2CCCCC2)n[nH]1. The predicted molar refractivity (Wildman–Crippen MR) is 81.1 cm³/mol. The lowest BCUT2D eigenvalue weighted by Gasteiger charge is -2.33. The second-order valence-corrected chi connectivity index (χ2v) is 6.81. The minimum absolute atomic E-state index is 0.0197. The standard InChI is InChI=1S/C16H26N4O/c1-11(2)14-17-15(19-18-14)16(21)20-10-6-9-13(20)12-7-4-3-5-8-12/h11-13H,3-10H2,1-2H3,(H,17,18,19). The summed E-state index contributed by atoms with van der Waals surface area (Å²) in [7, 11) is 0. The molecule has 1 saturated carbocycles. The van der Waals surface area contributed by atoms with Crippen molar-refractivity contribution in [3.8, 4) is 0 Å². The molecule has 0 aromatic carbocycles. The lowest BCUT2D eigenvalue weighted by molar-refractivity contribution is 0.0649. The molecule has 1 atom stereocenters. The van der Waals surface area contributed by atoms with Crippen LogP contribution >= 0.6 is 0 Å². The van der Waals surface area contributed by atoms with Gasteiger partial charge in [0, 0.05) is 18.5 Å². The lowest BCUT2D eigenvalue weighted by atomic mass is 9.83. The van der Waals surface area contributed by atoms with E-state index >= 15 is 0 Å². The van der Waals surface area contributed by atoms with Gasteiger partial charge < -0.3 is 4.90 Å². The number of carbonyl (C=O) groups excluding carboxylic acids is 1. The highest BCUT2D eigenvalue weighted by atomic mass is 16.2. The maximum atomic E-state index is 12.7. The van der Waals surface area contributed by atoms with Gasteiger partial charge in [0.1, 0.15) is 5.82 Å². The monoisotopic (exact) mass is 290 g/mol. The van der Waals surface area contributed by atoms with Crippen molar-refractivity contribution in [1.82, 2.24) is 20.1 Å². The third-order valence-corrected chi connectivity index (χ3v) is 4.99.